The molecule has 2 saturated heterocycles. The number of aliphatic carboxylic acids is 1. The molecule has 0 saturated carbocycles. The molecule has 0 spiro atoms. The maximum absolute atomic E-state index is 11.3. The zero-order valence-electron chi connectivity index (χ0n) is 13.1. The lowest BCUT2D eigenvalue weighted by Gasteiger charge is -2.36. The second-order valence-corrected chi connectivity index (χ2v) is 6.56. The Kier molecular flexibility index (Phi) is 4.45. The van der Waals surface area contributed by atoms with Crippen molar-refractivity contribution in [2.75, 3.05) is 36.0 Å². The summed E-state index contributed by atoms with van der Waals surface area (Å²) in [5.41, 5.74) is 0. The van der Waals surface area contributed by atoms with Gasteiger partial charge in [-0.2, -0.15) is 0 Å². The first kappa shape index (κ1) is 15.1. The fourth-order valence-electron chi connectivity index (χ4n) is 3.52. The number of aromatic nitrogens is 2. The number of carboxylic acid groups (broad SMARTS) is 1. The number of piperidine rings is 2. The Morgan fingerprint density at radius 2 is 1.82 bits per heavy atom. The maximum atomic E-state index is 11.3. The van der Waals surface area contributed by atoms with Crippen LogP contribution in [0.5, 0.6) is 0 Å². The summed E-state index contributed by atoms with van der Waals surface area (Å²) in [7, 11) is 0. The van der Waals surface area contributed by atoms with E-state index in [2.05, 4.69) is 26.7 Å². The molecule has 0 aromatic carbocycles. The first-order chi connectivity index (χ1) is 10.6. The summed E-state index contributed by atoms with van der Waals surface area (Å²) < 4.78 is 0. The molecule has 3 rings (SSSR count). The SMILES string of the molecule is CC1CC(C(=O)O)CN(c2cc(N3CCCCC3)ncn2)C1. The molecule has 2 unspecified atom stereocenters. The number of carbonyl (C=O) groups is 1. The lowest BCUT2D eigenvalue weighted by molar-refractivity contribution is -0.142. The summed E-state index contributed by atoms with van der Waals surface area (Å²) in [4.78, 5) is 24.5. The maximum Gasteiger partial charge on any atom is 0.308 e. The van der Waals surface area contributed by atoms with Crippen LogP contribution in [0.15, 0.2) is 12.4 Å². The summed E-state index contributed by atoms with van der Waals surface area (Å²) in [6, 6.07) is 2.02. The first-order valence-corrected chi connectivity index (χ1v) is 8.18. The number of hydrogen-bond donors (Lipinski definition) is 1. The van der Waals surface area contributed by atoms with Crippen LogP contribution in [0.3, 0.4) is 0 Å². The van der Waals surface area contributed by atoms with E-state index in [1.54, 1.807) is 6.33 Å². The topological polar surface area (TPSA) is 69.6 Å². The minimum Gasteiger partial charge on any atom is -0.481 e. The van der Waals surface area contributed by atoms with Gasteiger partial charge in [0.15, 0.2) is 0 Å². The number of carboxylic acids is 1. The smallest absolute Gasteiger partial charge is 0.308 e. The van der Waals surface area contributed by atoms with Crippen LogP contribution >= 0.6 is 0 Å². The van der Waals surface area contributed by atoms with Crippen molar-refractivity contribution in [1.82, 2.24) is 9.97 Å². The minimum atomic E-state index is -0.707. The van der Waals surface area contributed by atoms with E-state index < -0.39 is 5.97 Å². The van der Waals surface area contributed by atoms with Crippen LogP contribution in [0.4, 0.5) is 11.6 Å². The second kappa shape index (κ2) is 6.50. The molecule has 1 N–H and O–H groups in total. The van der Waals surface area contributed by atoms with Crippen molar-refractivity contribution in [3.8, 4) is 0 Å². The fourth-order valence-corrected chi connectivity index (χ4v) is 3.52. The highest BCUT2D eigenvalue weighted by atomic mass is 16.4. The van der Waals surface area contributed by atoms with Gasteiger partial charge in [-0.05, 0) is 31.6 Å². The van der Waals surface area contributed by atoms with Gasteiger partial charge in [-0.15, -0.1) is 0 Å². The Morgan fingerprint density at radius 3 is 2.50 bits per heavy atom. The largest absolute Gasteiger partial charge is 0.481 e. The summed E-state index contributed by atoms with van der Waals surface area (Å²) in [6.45, 7) is 5.60. The van der Waals surface area contributed by atoms with Gasteiger partial charge in [-0.3, -0.25) is 4.79 Å². The molecule has 2 aliphatic heterocycles. The molecular weight excluding hydrogens is 280 g/mol. The average Bonchev–Trinajstić information content (AvgIpc) is 2.55. The van der Waals surface area contributed by atoms with Crippen molar-refractivity contribution in [3.05, 3.63) is 12.4 Å². The van der Waals surface area contributed by atoms with Gasteiger partial charge in [0.05, 0.1) is 5.92 Å². The highest BCUT2D eigenvalue weighted by molar-refractivity contribution is 5.71. The highest BCUT2D eigenvalue weighted by Crippen LogP contribution is 2.27. The third-order valence-corrected chi connectivity index (χ3v) is 4.65. The lowest BCUT2D eigenvalue weighted by atomic mass is 9.90. The van der Waals surface area contributed by atoms with E-state index >= 15 is 0 Å². The monoisotopic (exact) mass is 304 g/mol. The summed E-state index contributed by atoms with van der Waals surface area (Å²) in [5, 5.41) is 9.31. The average molecular weight is 304 g/mol. The second-order valence-electron chi connectivity index (χ2n) is 6.56. The van der Waals surface area contributed by atoms with Crippen LogP contribution in [-0.4, -0.2) is 47.2 Å². The van der Waals surface area contributed by atoms with E-state index in [0.29, 0.717) is 12.5 Å². The molecule has 6 nitrogen and oxygen atoms in total. The van der Waals surface area contributed by atoms with E-state index in [1.165, 1.54) is 19.3 Å². The van der Waals surface area contributed by atoms with E-state index in [4.69, 9.17) is 0 Å². The third kappa shape index (κ3) is 3.31. The molecule has 6 heteroatoms. The molecule has 3 heterocycles. The fraction of sp³-hybridized carbons (Fsp3) is 0.688. The molecule has 22 heavy (non-hydrogen) atoms. The Labute approximate surface area is 131 Å². The molecule has 2 atom stereocenters. The first-order valence-electron chi connectivity index (χ1n) is 8.18. The molecule has 0 amide bonds. The van der Waals surface area contributed by atoms with Gasteiger partial charge in [0.1, 0.15) is 18.0 Å². The Morgan fingerprint density at radius 1 is 1.14 bits per heavy atom. The van der Waals surface area contributed by atoms with Gasteiger partial charge in [0, 0.05) is 32.2 Å². The van der Waals surface area contributed by atoms with Crippen LogP contribution in [0.25, 0.3) is 0 Å². The molecular formula is C16H24N4O2. The Bertz CT molecular complexity index is 531. The zero-order chi connectivity index (χ0) is 15.5. The molecule has 2 aliphatic rings. The number of nitrogens with zero attached hydrogens (tertiary/aromatic N) is 4. The third-order valence-electron chi connectivity index (χ3n) is 4.65. The number of anilines is 2. The Hall–Kier alpha value is -1.85. The van der Waals surface area contributed by atoms with Crippen molar-refractivity contribution < 1.29 is 9.90 Å². The highest BCUT2D eigenvalue weighted by Gasteiger charge is 2.30. The lowest BCUT2D eigenvalue weighted by Crippen LogP contribution is -2.43. The molecule has 0 radical (unpaired) electrons. The summed E-state index contributed by atoms with van der Waals surface area (Å²) in [6.07, 6.45) is 6.06. The van der Waals surface area contributed by atoms with Crippen molar-refractivity contribution in [2.45, 2.75) is 32.6 Å². The van der Waals surface area contributed by atoms with Gasteiger partial charge < -0.3 is 14.9 Å². The van der Waals surface area contributed by atoms with Gasteiger partial charge in [0.25, 0.3) is 0 Å². The molecule has 120 valence electrons. The molecule has 0 bridgehead atoms. The van der Waals surface area contributed by atoms with Gasteiger partial charge in [0.2, 0.25) is 0 Å². The van der Waals surface area contributed by atoms with Crippen LogP contribution < -0.4 is 9.80 Å². The van der Waals surface area contributed by atoms with Gasteiger partial charge in [-0.1, -0.05) is 6.92 Å². The van der Waals surface area contributed by atoms with Crippen LogP contribution in [-0.2, 0) is 4.79 Å². The predicted molar refractivity (Wildman–Crippen MR) is 85.2 cm³/mol. The van der Waals surface area contributed by atoms with Crippen molar-refractivity contribution in [1.29, 1.82) is 0 Å². The van der Waals surface area contributed by atoms with E-state index in [9.17, 15) is 9.90 Å². The number of rotatable bonds is 3. The summed E-state index contributed by atoms with van der Waals surface area (Å²) >= 11 is 0. The minimum absolute atomic E-state index is 0.308. The Balaban J connectivity index is 1.77. The van der Waals surface area contributed by atoms with Gasteiger partial charge >= 0.3 is 5.97 Å². The van der Waals surface area contributed by atoms with Gasteiger partial charge in [-0.25, -0.2) is 9.97 Å². The van der Waals surface area contributed by atoms with Crippen LogP contribution in [0, 0.1) is 11.8 Å². The van der Waals surface area contributed by atoms with E-state index in [0.717, 1.165) is 37.7 Å². The standard InChI is InChI=1S/C16H24N4O2/c1-12-7-13(16(21)22)10-20(9-12)15-8-14(17-11-18-15)19-5-3-2-4-6-19/h8,11-13H,2-7,9-10H2,1H3,(H,21,22). The van der Waals surface area contributed by atoms with Crippen molar-refractivity contribution >= 4 is 17.6 Å². The molecule has 0 aliphatic carbocycles. The van der Waals surface area contributed by atoms with Crippen LogP contribution in [0.2, 0.25) is 0 Å². The molecule has 1 aromatic rings. The number of hydrogen-bond acceptors (Lipinski definition) is 5. The zero-order valence-corrected chi connectivity index (χ0v) is 13.1. The quantitative estimate of drug-likeness (QED) is 0.921. The molecule has 2 fully saturated rings. The normalized spacial score (nSPS) is 26.0. The predicted octanol–water partition coefficient (Wildman–Crippen LogP) is 2.01. The van der Waals surface area contributed by atoms with E-state index in [1.807, 2.05) is 6.07 Å². The molecule has 1 aromatic heterocycles. The van der Waals surface area contributed by atoms with E-state index in [-0.39, 0.29) is 5.92 Å². The van der Waals surface area contributed by atoms with Crippen LogP contribution in [0.1, 0.15) is 32.6 Å². The van der Waals surface area contributed by atoms with Crippen molar-refractivity contribution in [3.63, 3.8) is 0 Å². The van der Waals surface area contributed by atoms with Crippen molar-refractivity contribution in [2.24, 2.45) is 11.8 Å². The summed E-state index contributed by atoms with van der Waals surface area (Å²) in [5.74, 6) is 1.17.